The van der Waals surface area contributed by atoms with Crippen LogP contribution in [0.25, 0.3) is 0 Å². The highest BCUT2D eigenvalue weighted by Gasteiger charge is 2.34. The fourth-order valence-corrected chi connectivity index (χ4v) is 5.35. The molecule has 1 fully saturated rings. The zero-order valence-electron chi connectivity index (χ0n) is 17.6. The van der Waals surface area contributed by atoms with Crippen LogP contribution >= 0.6 is 11.6 Å². The number of nitrogens with one attached hydrogen (secondary N) is 1. The number of anilines is 1. The van der Waals surface area contributed by atoms with Crippen LogP contribution in [0, 0.1) is 0 Å². The van der Waals surface area contributed by atoms with Gasteiger partial charge in [-0.2, -0.15) is 4.31 Å². The largest absolute Gasteiger partial charge is 0.379 e. The number of hydrogen-bond acceptors (Lipinski definition) is 6. The van der Waals surface area contributed by atoms with E-state index < -0.39 is 15.9 Å². The second-order valence-corrected chi connectivity index (χ2v) is 9.96. The van der Waals surface area contributed by atoms with Gasteiger partial charge in [0, 0.05) is 26.1 Å². The minimum atomic E-state index is -3.74. The Morgan fingerprint density at radius 3 is 2.30 bits per heavy atom. The molecule has 2 heterocycles. The van der Waals surface area contributed by atoms with E-state index in [4.69, 9.17) is 16.3 Å². The lowest BCUT2D eigenvalue weighted by molar-refractivity contribution is -0.116. The maximum absolute atomic E-state index is 12.9. The third-order valence-electron chi connectivity index (χ3n) is 5.48. The third-order valence-corrected chi connectivity index (χ3v) is 7.71. The molecule has 0 aromatic heterocycles. The van der Waals surface area contributed by atoms with Gasteiger partial charge < -0.3 is 10.1 Å². The van der Waals surface area contributed by atoms with E-state index in [9.17, 15) is 22.8 Å². The number of rotatable bonds is 7. The summed E-state index contributed by atoms with van der Waals surface area (Å²) in [5.74, 6) is -1.16. The molecule has 1 saturated heterocycles. The maximum atomic E-state index is 12.9. The minimum Gasteiger partial charge on any atom is -0.379 e. The van der Waals surface area contributed by atoms with Gasteiger partial charge in [0.05, 0.1) is 39.9 Å². The zero-order chi connectivity index (χ0) is 23.6. The van der Waals surface area contributed by atoms with Crippen molar-refractivity contribution < 1.29 is 27.5 Å². The number of fused-ring (bicyclic) bond motifs is 1. The Morgan fingerprint density at radius 1 is 1.03 bits per heavy atom. The van der Waals surface area contributed by atoms with Crippen LogP contribution in [-0.4, -0.2) is 68.2 Å². The molecule has 0 unspecified atom stereocenters. The molecular formula is C22H22ClN3O6S. The summed E-state index contributed by atoms with van der Waals surface area (Å²) < 4.78 is 32.2. The molecule has 1 N–H and O–H groups in total. The van der Waals surface area contributed by atoms with Crippen molar-refractivity contribution >= 4 is 45.0 Å². The van der Waals surface area contributed by atoms with Crippen molar-refractivity contribution in [2.24, 2.45) is 0 Å². The van der Waals surface area contributed by atoms with Gasteiger partial charge in [0.25, 0.3) is 11.8 Å². The van der Waals surface area contributed by atoms with Crippen molar-refractivity contribution in [1.29, 1.82) is 0 Å². The average Bonchev–Trinajstić information content (AvgIpc) is 3.06. The van der Waals surface area contributed by atoms with Crippen molar-refractivity contribution in [3.63, 3.8) is 0 Å². The number of carbonyl (C=O) groups is 3. The highest BCUT2D eigenvalue weighted by atomic mass is 35.5. The summed E-state index contributed by atoms with van der Waals surface area (Å²) in [7, 11) is -3.74. The highest BCUT2D eigenvalue weighted by molar-refractivity contribution is 7.89. The Hall–Kier alpha value is -2.79. The second kappa shape index (κ2) is 9.60. The van der Waals surface area contributed by atoms with E-state index in [0.717, 1.165) is 4.90 Å². The van der Waals surface area contributed by atoms with Gasteiger partial charge in [-0.05, 0) is 36.8 Å². The lowest BCUT2D eigenvalue weighted by Crippen LogP contribution is -2.40. The summed E-state index contributed by atoms with van der Waals surface area (Å²) in [6.45, 7) is 1.25. The number of carbonyl (C=O) groups excluding carboxylic acids is 3. The van der Waals surface area contributed by atoms with Crippen LogP contribution in [0.4, 0.5) is 5.69 Å². The summed E-state index contributed by atoms with van der Waals surface area (Å²) >= 11 is 6.16. The Morgan fingerprint density at radius 2 is 1.67 bits per heavy atom. The molecule has 2 aliphatic rings. The minimum absolute atomic E-state index is 0.0180. The van der Waals surface area contributed by atoms with Gasteiger partial charge in [-0.3, -0.25) is 19.3 Å². The normalized spacial score (nSPS) is 16.7. The zero-order valence-corrected chi connectivity index (χ0v) is 19.2. The quantitative estimate of drug-likeness (QED) is 0.595. The first-order valence-corrected chi connectivity index (χ1v) is 12.2. The number of ether oxygens (including phenoxy) is 1. The third kappa shape index (κ3) is 4.79. The van der Waals surface area contributed by atoms with Crippen molar-refractivity contribution in [2.45, 2.75) is 17.7 Å². The smallest absolute Gasteiger partial charge is 0.261 e. The fraction of sp³-hybridized carbons (Fsp3) is 0.318. The van der Waals surface area contributed by atoms with Gasteiger partial charge in [0.15, 0.2) is 0 Å². The number of benzene rings is 2. The Balaban J connectivity index is 1.37. The van der Waals surface area contributed by atoms with Gasteiger partial charge in [-0.15, -0.1) is 0 Å². The Labute approximate surface area is 196 Å². The molecule has 174 valence electrons. The van der Waals surface area contributed by atoms with E-state index in [1.54, 1.807) is 24.3 Å². The van der Waals surface area contributed by atoms with Gasteiger partial charge >= 0.3 is 0 Å². The van der Waals surface area contributed by atoms with Crippen molar-refractivity contribution in [3.05, 3.63) is 58.6 Å². The van der Waals surface area contributed by atoms with E-state index in [1.165, 1.54) is 22.5 Å². The molecule has 0 bridgehead atoms. The summed E-state index contributed by atoms with van der Waals surface area (Å²) in [4.78, 5) is 38.4. The van der Waals surface area contributed by atoms with Crippen molar-refractivity contribution in [2.75, 3.05) is 38.2 Å². The summed E-state index contributed by atoms with van der Waals surface area (Å²) in [6, 6.07) is 10.7. The van der Waals surface area contributed by atoms with Crippen LogP contribution in [0.1, 0.15) is 33.6 Å². The highest BCUT2D eigenvalue weighted by Crippen LogP contribution is 2.28. The molecular weight excluding hydrogens is 470 g/mol. The first-order chi connectivity index (χ1) is 15.8. The molecule has 33 heavy (non-hydrogen) atoms. The number of amides is 3. The standard InChI is InChI=1S/C22H22ClN3O6S/c23-18-8-7-15(33(30,31)25-10-12-32-13-11-25)14-19(18)24-20(27)6-3-9-26-21(28)16-4-1-2-5-17(16)22(26)29/h1-2,4-5,7-8,14H,3,6,9-13H2,(H,24,27). The van der Waals surface area contributed by atoms with Crippen LogP contribution in [0.2, 0.25) is 5.02 Å². The summed E-state index contributed by atoms with van der Waals surface area (Å²) in [6.07, 6.45) is 0.269. The van der Waals surface area contributed by atoms with Gasteiger partial charge in [-0.25, -0.2) is 8.42 Å². The van der Waals surface area contributed by atoms with E-state index in [1.807, 2.05) is 0 Å². The number of halogens is 1. The van der Waals surface area contributed by atoms with Crippen LogP contribution < -0.4 is 5.32 Å². The number of imide groups is 1. The van der Waals surface area contributed by atoms with E-state index in [0.29, 0.717) is 24.3 Å². The molecule has 0 aliphatic carbocycles. The van der Waals surface area contributed by atoms with Gasteiger partial charge in [0.2, 0.25) is 15.9 Å². The van der Waals surface area contributed by atoms with E-state index >= 15 is 0 Å². The number of nitrogens with zero attached hydrogens (tertiary/aromatic N) is 2. The number of hydrogen-bond donors (Lipinski definition) is 1. The average molecular weight is 492 g/mol. The topological polar surface area (TPSA) is 113 Å². The molecule has 2 aromatic rings. The molecule has 0 saturated carbocycles. The van der Waals surface area contributed by atoms with Crippen LogP contribution in [0.5, 0.6) is 0 Å². The molecule has 9 nitrogen and oxygen atoms in total. The molecule has 3 amide bonds. The first kappa shape index (κ1) is 23.4. The molecule has 0 radical (unpaired) electrons. The van der Waals surface area contributed by atoms with Crippen molar-refractivity contribution in [1.82, 2.24) is 9.21 Å². The number of morpholine rings is 1. The predicted octanol–water partition coefficient (Wildman–Crippen LogP) is 2.38. The van der Waals surface area contributed by atoms with Crippen LogP contribution in [0.15, 0.2) is 47.4 Å². The number of sulfonamides is 1. The Bertz CT molecular complexity index is 1180. The maximum Gasteiger partial charge on any atom is 0.261 e. The fourth-order valence-electron chi connectivity index (χ4n) is 3.75. The van der Waals surface area contributed by atoms with Crippen molar-refractivity contribution in [3.8, 4) is 0 Å². The molecule has 2 aromatic carbocycles. The van der Waals surface area contributed by atoms with Crippen LogP contribution in [0.3, 0.4) is 0 Å². The van der Waals surface area contributed by atoms with Gasteiger partial charge in [0.1, 0.15) is 0 Å². The molecule has 0 spiro atoms. The van der Waals surface area contributed by atoms with Gasteiger partial charge in [-0.1, -0.05) is 23.7 Å². The summed E-state index contributed by atoms with van der Waals surface area (Å²) in [5.41, 5.74) is 0.894. The van der Waals surface area contributed by atoms with E-state index in [-0.39, 0.29) is 59.9 Å². The molecule has 4 rings (SSSR count). The molecule has 11 heteroatoms. The summed E-state index contributed by atoms with van der Waals surface area (Å²) in [5, 5.41) is 2.82. The Kier molecular flexibility index (Phi) is 6.80. The van der Waals surface area contributed by atoms with Crippen LogP contribution in [-0.2, 0) is 19.6 Å². The van der Waals surface area contributed by atoms with E-state index in [2.05, 4.69) is 5.32 Å². The second-order valence-electron chi connectivity index (χ2n) is 7.62. The lowest BCUT2D eigenvalue weighted by atomic mass is 10.1. The lowest BCUT2D eigenvalue weighted by Gasteiger charge is -2.26. The molecule has 2 aliphatic heterocycles. The monoisotopic (exact) mass is 491 g/mol. The molecule has 0 atom stereocenters. The first-order valence-electron chi connectivity index (χ1n) is 10.4. The predicted molar refractivity (Wildman–Crippen MR) is 121 cm³/mol. The SMILES string of the molecule is O=C(CCCN1C(=O)c2ccccc2C1=O)Nc1cc(S(=O)(=O)N2CCOCC2)ccc1Cl.